The molecule has 124 valence electrons. The highest BCUT2D eigenvalue weighted by atomic mass is 32.2. The Hall–Kier alpha value is -2.43. The molecule has 7 nitrogen and oxygen atoms in total. The Morgan fingerprint density at radius 3 is 2.52 bits per heavy atom. The molecule has 0 radical (unpaired) electrons. The van der Waals surface area contributed by atoms with Crippen molar-refractivity contribution in [1.29, 1.82) is 0 Å². The van der Waals surface area contributed by atoms with Crippen molar-refractivity contribution in [1.82, 2.24) is 15.0 Å². The Morgan fingerprint density at radius 1 is 1.17 bits per heavy atom. The van der Waals surface area contributed by atoms with Crippen molar-refractivity contribution < 1.29 is 26.3 Å². The van der Waals surface area contributed by atoms with Crippen LogP contribution in [0.2, 0.25) is 0 Å². The predicted molar refractivity (Wildman–Crippen MR) is 73.4 cm³/mol. The van der Waals surface area contributed by atoms with Crippen LogP contribution in [0.15, 0.2) is 35.7 Å². The van der Waals surface area contributed by atoms with E-state index in [1.54, 1.807) is 6.92 Å². The monoisotopic (exact) mass is 348 g/mol. The van der Waals surface area contributed by atoms with E-state index in [2.05, 4.69) is 24.4 Å². The first-order valence-corrected chi connectivity index (χ1v) is 7.60. The molecule has 0 bridgehead atoms. The second-order valence-electron chi connectivity index (χ2n) is 4.45. The lowest BCUT2D eigenvalue weighted by molar-refractivity contribution is -0.154. The lowest BCUT2D eigenvalue weighted by atomic mass is 10.3. The number of hydrogen-bond donors (Lipinski definition) is 1. The zero-order valence-electron chi connectivity index (χ0n) is 11.7. The molecule has 0 saturated heterocycles. The van der Waals surface area contributed by atoms with E-state index in [1.807, 2.05) is 0 Å². The first kappa shape index (κ1) is 16.9. The highest BCUT2D eigenvalue weighted by molar-refractivity contribution is 7.92. The molecule has 0 aliphatic rings. The van der Waals surface area contributed by atoms with Crippen LogP contribution in [0.3, 0.4) is 0 Å². The molecule has 0 aliphatic carbocycles. The van der Waals surface area contributed by atoms with Crippen LogP contribution in [-0.4, -0.2) is 36.2 Å². The topological polar surface area (TPSA) is 94.1 Å². The van der Waals surface area contributed by atoms with Crippen molar-refractivity contribution in [2.24, 2.45) is 0 Å². The minimum atomic E-state index is -4.54. The summed E-state index contributed by atoms with van der Waals surface area (Å²) in [7, 11) is -3.99. The molecule has 0 spiro atoms. The molecule has 0 unspecified atom stereocenters. The van der Waals surface area contributed by atoms with E-state index in [1.165, 1.54) is 12.3 Å². The van der Waals surface area contributed by atoms with Crippen LogP contribution in [0.1, 0.15) is 5.56 Å². The number of anilines is 1. The van der Waals surface area contributed by atoms with Crippen LogP contribution in [0, 0.1) is 6.92 Å². The van der Waals surface area contributed by atoms with Crippen molar-refractivity contribution in [2.75, 3.05) is 11.3 Å². The van der Waals surface area contributed by atoms with E-state index in [9.17, 15) is 21.6 Å². The minimum Gasteiger partial charge on any atom is -0.467 e. The summed E-state index contributed by atoms with van der Waals surface area (Å²) in [6.07, 6.45) is 0.0562. The van der Waals surface area contributed by atoms with Crippen molar-refractivity contribution in [3.63, 3.8) is 0 Å². The lowest BCUT2D eigenvalue weighted by Gasteiger charge is -2.10. The van der Waals surface area contributed by atoms with Crippen LogP contribution in [0.4, 0.5) is 19.0 Å². The molecule has 11 heteroatoms. The van der Waals surface area contributed by atoms with Gasteiger partial charge in [-0.3, -0.25) is 14.7 Å². The van der Waals surface area contributed by atoms with Crippen LogP contribution in [0.5, 0.6) is 5.88 Å². The summed E-state index contributed by atoms with van der Waals surface area (Å²) < 4.78 is 67.0. The molecular formula is C12H11F3N4O3S. The summed E-state index contributed by atoms with van der Waals surface area (Å²) in [4.78, 5) is 10.8. The smallest absolute Gasteiger partial charge is 0.422 e. The molecule has 0 atom stereocenters. The SMILES string of the molecule is Cc1cncc(S(=O)(=O)Nc2cncc(OCC(F)(F)F)n2)c1. The third-order valence-corrected chi connectivity index (χ3v) is 3.72. The first-order chi connectivity index (χ1) is 10.7. The van der Waals surface area contributed by atoms with Gasteiger partial charge in [0.15, 0.2) is 12.4 Å². The number of rotatable bonds is 5. The number of aryl methyl sites for hydroxylation is 1. The maximum atomic E-state index is 12.1. The molecule has 0 amide bonds. The molecule has 2 aromatic heterocycles. The predicted octanol–water partition coefficient (Wildman–Crippen LogP) is 1.92. The molecule has 0 aromatic carbocycles. The molecule has 2 rings (SSSR count). The van der Waals surface area contributed by atoms with Gasteiger partial charge in [0.2, 0.25) is 5.88 Å². The van der Waals surface area contributed by atoms with Gasteiger partial charge in [-0.2, -0.15) is 18.2 Å². The molecule has 0 saturated carbocycles. The van der Waals surface area contributed by atoms with Gasteiger partial charge in [-0.05, 0) is 18.6 Å². The third-order valence-electron chi connectivity index (χ3n) is 2.40. The maximum Gasteiger partial charge on any atom is 0.422 e. The Morgan fingerprint density at radius 2 is 1.87 bits per heavy atom. The molecule has 0 aliphatic heterocycles. The minimum absolute atomic E-state index is 0.110. The fourth-order valence-corrected chi connectivity index (χ4v) is 2.53. The number of halogens is 3. The summed E-state index contributed by atoms with van der Waals surface area (Å²) in [5, 5.41) is 0. The highest BCUT2D eigenvalue weighted by Gasteiger charge is 2.28. The Kier molecular flexibility index (Phi) is 4.68. The molecule has 0 fully saturated rings. The summed E-state index contributed by atoms with van der Waals surface area (Å²) in [5.41, 5.74) is 0.626. The van der Waals surface area contributed by atoms with Gasteiger partial charge in [0.05, 0.1) is 12.4 Å². The van der Waals surface area contributed by atoms with E-state index in [0.29, 0.717) is 5.56 Å². The molecule has 2 heterocycles. The zero-order valence-corrected chi connectivity index (χ0v) is 12.5. The summed E-state index contributed by atoms with van der Waals surface area (Å²) in [6.45, 7) is 0.108. The lowest BCUT2D eigenvalue weighted by Crippen LogP contribution is -2.20. The van der Waals surface area contributed by atoms with Gasteiger partial charge in [0.25, 0.3) is 10.0 Å². The van der Waals surface area contributed by atoms with Crippen LogP contribution < -0.4 is 9.46 Å². The largest absolute Gasteiger partial charge is 0.467 e. The second-order valence-corrected chi connectivity index (χ2v) is 6.13. The van der Waals surface area contributed by atoms with Gasteiger partial charge >= 0.3 is 6.18 Å². The van der Waals surface area contributed by atoms with Crippen molar-refractivity contribution in [3.05, 3.63) is 36.4 Å². The quantitative estimate of drug-likeness (QED) is 0.887. The van der Waals surface area contributed by atoms with Crippen LogP contribution in [-0.2, 0) is 10.0 Å². The molecule has 23 heavy (non-hydrogen) atoms. The summed E-state index contributed by atoms with van der Waals surface area (Å²) >= 11 is 0. The van der Waals surface area contributed by atoms with Crippen LogP contribution in [0.25, 0.3) is 0 Å². The Bertz CT molecular complexity index is 796. The van der Waals surface area contributed by atoms with Gasteiger partial charge in [0, 0.05) is 12.4 Å². The van der Waals surface area contributed by atoms with Crippen LogP contribution >= 0.6 is 0 Å². The van der Waals surface area contributed by atoms with Crippen molar-refractivity contribution in [2.45, 2.75) is 18.0 Å². The fraction of sp³-hybridized carbons (Fsp3) is 0.250. The van der Waals surface area contributed by atoms with Gasteiger partial charge in [0.1, 0.15) is 4.90 Å². The van der Waals surface area contributed by atoms with E-state index in [0.717, 1.165) is 18.6 Å². The number of sulfonamides is 1. The number of nitrogens with zero attached hydrogens (tertiary/aromatic N) is 3. The number of nitrogens with one attached hydrogen (secondary N) is 1. The molecule has 2 aromatic rings. The number of hydrogen-bond acceptors (Lipinski definition) is 6. The number of ether oxygens (including phenoxy) is 1. The number of alkyl halides is 3. The highest BCUT2D eigenvalue weighted by Crippen LogP contribution is 2.19. The average molecular weight is 348 g/mol. The number of pyridine rings is 1. The maximum absolute atomic E-state index is 12.1. The molecular weight excluding hydrogens is 337 g/mol. The molecule has 1 N–H and O–H groups in total. The normalized spacial score (nSPS) is 12.0. The van der Waals surface area contributed by atoms with Crippen molar-refractivity contribution >= 4 is 15.8 Å². The summed E-state index contributed by atoms with van der Waals surface area (Å²) in [5.74, 6) is -0.726. The van der Waals surface area contributed by atoms with E-state index < -0.39 is 28.7 Å². The zero-order chi connectivity index (χ0) is 17.1. The fourth-order valence-electron chi connectivity index (χ4n) is 1.49. The number of aromatic nitrogens is 3. The third kappa shape index (κ3) is 5.06. The van der Waals surface area contributed by atoms with Gasteiger partial charge in [-0.15, -0.1) is 0 Å². The van der Waals surface area contributed by atoms with E-state index in [-0.39, 0.29) is 10.7 Å². The summed E-state index contributed by atoms with van der Waals surface area (Å²) in [6, 6.07) is 1.38. The van der Waals surface area contributed by atoms with Gasteiger partial charge in [-0.1, -0.05) is 0 Å². The standard InChI is InChI=1S/C12H11F3N4O3S/c1-8-2-9(4-16-3-8)23(20,21)19-10-5-17-6-11(18-10)22-7-12(13,14)15/h2-6H,7H2,1H3,(H,18,19). The average Bonchev–Trinajstić information content (AvgIpc) is 2.44. The van der Waals surface area contributed by atoms with Gasteiger partial charge < -0.3 is 4.74 Å². The van der Waals surface area contributed by atoms with Crippen molar-refractivity contribution in [3.8, 4) is 5.88 Å². The van der Waals surface area contributed by atoms with E-state index >= 15 is 0 Å². The van der Waals surface area contributed by atoms with E-state index in [4.69, 9.17) is 0 Å². The Labute approximate surface area is 129 Å². The second kappa shape index (κ2) is 6.36. The first-order valence-electron chi connectivity index (χ1n) is 6.12. The van der Waals surface area contributed by atoms with Gasteiger partial charge in [-0.25, -0.2) is 8.42 Å². The Balaban J connectivity index is 2.17.